The number of nitrogens with zero attached hydrogens (tertiary/aromatic N) is 1. The maximum absolute atomic E-state index is 11.0. The van der Waals surface area contributed by atoms with Crippen LogP contribution in [0.25, 0.3) is 0 Å². The highest BCUT2D eigenvalue weighted by Gasteiger charge is 2.35. The summed E-state index contributed by atoms with van der Waals surface area (Å²) in [7, 11) is 0. The van der Waals surface area contributed by atoms with Gasteiger partial charge in [-0.3, -0.25) is 4.48 Å². The van der Waals surface area contributed by atoms with Crippen molar-refractivity contribution in [1.29, 1.82) is 0 Å². The lowest BCUT2D eigenvalue weighted by molar-refractivity contribution is -0.897. The third-order valence-electron chi connectivity index (χ3n) is 2.73. The second-order valence-electron chi connectivity index (χ2n) is 3.59. The predicted molar refractivity (Wildman–Crippen MR) is 43.4 cm³/mol. The highest BCUT2D eigenvalue weighted by molar-refractivity contribution is 5.54. The molecule has 0 aliphatic carbocycles. The Morgan fingerprint density at radius 2 is 1.92 bits per heavy atom. The number of amides is 1. The zero-order valence-corrected chi connectivity index (χ0v) is 7.67. The van der Waals surface area contributed by atoms with E-state index in [1.54, 1.807) is 0 Å². The van der Waals surface area contributed by atoms with Crippen LogP contribution in [0.3, 0.4) is 0 Å². The van der Waals surface area contributed by atoms with Crippen molar-refractivity contribution in [2.24, 2.45) is 0 Å². The van der Waals surface area contributed by atoms with Gasteiger partial charge >= 0.3 is 0 Å². The number of carbonyl (C=O) groups is 1. The molecule has 0 atom stereocenters. The van der Waals surface area contributed by atoms with E-state index in [0.717, 1.165) is 13.1 Å². The van der Waals surface area contributed by atoms with Crippen LogP contribution < -0.4 is 10.4 Å². The van der Waals surface area contributed by atoms with E-state index in [-0.39, 0.29) is 10.5 Å². The van der Waals surface area contributed by atoms with Crippen molar-refractivity contribution in [2.45, 2.75) is 19.9 Å². The zero-order chi connectivity index (χ0) is 9.19. The summed E-state index contributed by atoms with van der Waals surface area (Å²) in [6, 6.07) is 0.108. The average Bonchev–Trinajstić information content (AvgIpc) is 2.05. The van der Waals surface area contributed by atoms with E-state index in [0.29, 0.717) is 13.1 Å². The molecule has 0 spiro atoms. The number of quaternary nitrogens is 1. The summed E-state index contributed by atoms with van der Waals surface area (Å²) in [4.78, 5) is 11.0. The molecule has 0 saturated carbocycles. The molecule has 1 aliphatic rings. The molecule has 4 nitrogen and oxygen atoms in total. The quantitative estimate of drug-likeness (QED) is 0.525. The Kier molecular flexibility index (Phi) is 2.69. The van der Waals surface area contributed by atoms with Crippen molar-refractivity contribution < 1.29 is 14.4 Å². The second-order valence-corrected chi connectivity index (χ2v) is 3.59. The summed E-state index contributed by atoms with van der Waals surface area (Å²) in [6.45, 7) is 6.68. The van der Waals surface area contributed by atoms with Gasteiger partial charge in [0.25, 0.3) is 6.09 Å². The Balaban J connectivity index is 2.77. The topological polar surface area (TPSA) is 52.2 Å². The van der Waals surface area contributed by atoms with E-state index in [2.05, 4.69) is 5.32 Å². The van der Waals surface area contributed by atoms with Crippen molar-refractivity contribution in [3.8, 4) is 0 Å². The molecule has 1 fully saturated rings. The average molecular weight is 172 g/mol. The molecule has 70 valence electrons. The summed E-state index contributed by atoms with van der Waals surface area (Å²) in [5.74, 6) is 0. The molecule has 0 aromatic heterocycles. The molecule has 1 amide bonds. The predicted octanol–water partition coefficient (Wildman–Crippen LogP) is -0.842. The molecule has 4 heteroatoms. The van der Waals surface area contributed by atoms with Crippen LogP contribution in [-0.2, 0) is 0 Å². The summed E-state index contributed by atoms with van der Waals surface area (Å²) in [5, 5.41) is 14.1. The summed E-state index contributed by atoms with van der Waals surface area (Å²) in [5.41, 5.74) is 0. The van der Waals surface area contributed by atoms with E-state index in [9.17, 15) is 9.90 Å². The van der Waals surface area contributed by atoms with Crippen LogP contribution in [0.15, 0.2) is 0 Å². The van der Waals surface area contributed by atoms with Gasteiger partial charge in [-0.15, -0.1) is 0 Å². The van der Waals surface area contributed by atoms with Gasteiger partial charge in [-0.2, -0.15) is 0 Å². The van der Waals surface area contributed by atoms with Crippen LogP contribution in [0.4, 0.5) is 4.79 Å². The van der Waals surface area contributed by atoms with E-state index in [4.69, 9.17) is 0 Å². The Morgan fingerprint density at radius 3 is 2.17 bits per heavy atom. The molecular formula is C8H16N2O2. The van der Waals surface area contributed by atoms with E-state index in [1.807, 2.05) is 13.8 Å². The fourth-order valence-electron chi connectivity index (χ4n) is 1.70. The Labute approximate surface area is 72.8 Å². The minimum atomic E-state index is -0.938. The maximum Gasteiger partial charge on any atom is 0.257 e. The highest BCUT2D eigenvalue weighted by atomic mass is 16.4. The van der Waals surface area contributed by atoms with Gasteiger partial charge in [-0.1, -0.05) is 0 Å². The van der Waals surface area contributed by atoms with Crippen molar-refractivity contribution in [3.63, 3.8) is 0 Å². The molecular weight excluding hydrogens is 156 g/mol. The molecule has 0 bridgehead atoms. The highest BCUT2D eigenvalue weighted by Crippen LogP contribution is 2.14. The first-order chi connectivity index (χ1) is 5.59. The monoisotopic (exact) mass is 172 g/mol. The van der Waals surface area contributed by atoms with Gasteiger partial charge in [-0.25, -0.2) is 0 Å². The third kappa shape index (κ3) is 1.44. The van der Waals surface area contributed by atoms with E-state index < -0.39 is 6.09 Å². The summed E-state index contributed by atoms with van der Waals surface area (Å²) < 4.78 is 0.104. The van der Waals surface area contributed by atoms with Crippen LogP contribution in [0, 0.1) is 0 Å². The fourth-order valence-corrected chi connectivity index (χ4v) is 1.70. The smallest absolute Gasteiger partial charge is 0.257 e. The zero-order valence-electron chi connectivity index (χ0n) is 7.67. The van der Waals surface area contributed by atoms with Crippen molar-refractivity contribution in [3.05, 3.63) is 0 Å². The lowest BCUT2D eigenvalue weighted by atomic mass is 10.2. The molecule has 0 unspecified atom stereocenters. The number of hydrogen-bond acceptors (Lipinski definition) is 3. The van der Waals surface area contributed by atoms with Crippen molar-refractivity contribution in [1.82, 2.24) is 5.32 Å². The van der Waals surface area contributed by atoms with E-state index in [1.165, 1.54) is 0 Å². The molecule has 1 aliphatic heterocycles. The Morgan fingerprint density at radius 1 is 1.42 bits per heavy atom. The molecule has 1 rings (SSSR count). The lowest BCUT2D eigenvalue weighted by Gasteiger charge is -2.44. The van der Waals surface area contributed by atoms with Gasteiger partial charge in [0.05, 0.1) is 19.1 Å². The van der Waals surface area contributed by atoms with Crippen LogP contribution in [0.5, 0.6) is 0 Å². The standard InChI is InChI=1S/C8H16N2O2/c1-7(2)10(8(11)12)5-3-9-4-6-10/h7,9H,3-6H2,1-2H3. The van der Waals surface area contributed by atoms with Gasteiger partial charge in [0.2, 0.25) is 0 Å². The molecule has 12 heavy (non-hydrogen) atoms. The Hall–Kier alpha value is -0.610. The first kappa shape index (κ1) is 9.48. The number of nitrogens with one attached hydrogen (secondary N) is 1. The van der Waals surface area contributed by atoms with Crippen LogP contribution >= 0.6 is 0 Å². The summed E-state index contributed by atoms with van der Waals surface area (Å²) in [6.07, 6.45) is -0.938. The number of piperazine rings is 1. The Bertz CT molecular complexity index is 174. The number of carboxylic acid groups (broad SMARTS) is 1. The van der Waals surface area contributed by atoms with Crippen LogP contribution in [0.1, 0.15) is 13.8 Å². The second kappa shape index (κ2) is 3.41. The number of hydrogen-bond donors (Lipinski definition) is 1. The molecule has 0 radical (unpaired) electrons. The molecule has 0 aromatic rings. The number of rotatable bonds is 1. The molecule has 0 aromatic carbocycles. The largest absolute Gasteiger partial charge is 0.498 e. The van der Waals surface area contributed by atoms with E-state index >= 15 is 0 Å². The first-order valence-corrected chi connectivity index (χ1v) is 4.38. The van der Waals surface area contributed by atoms with Crippen molar-refractivity contribution in [2.75, 3.05) is 26.2 Å². The van der Waals surface area contributed by atoms with Gasteiger partial charge in [0.1, 0.15) is 0 Å². The SMILES string of the molecule is CC(C)[N+]1(C(=O)[O-])CCNCC1. The van der Waals surface area contributed by atoms with Crippen LogP contribution in [-0.4, -0.2) is 42.8 Å². The van der Waals surface area contributed by atoms with Crippen LogP contribution in [0.2, 0.25) is 0 Å². The van der Waals surface area contributed by atoms with Gasteiger partial charge in [0.15, 0.2) is 0 Å². The lowest BCUT2D eigenvalue weighted by Crippen LogP contribution is -2.68. The molecule has 1 N–H and O–H groups in total. The third-order valence-corrected chi connectivity index (χ3v) is 2.73. The number of carbonyl (C=O) groups excluding carboxylic acids is 1. The van der Waals surface area contributed by atoms with Gasteiger partial charge in [0, 0.05) is 13.1 Å². The summed E-state index contributed by atoms with van der Waals surface area (Å²) >= 11 is 0. The van der Waals surface area contributed by atoms with Crippen molar-refractivity contribution >= 4 is 6.09 Å². The maximum atomic E-state index is 11.0. The minimum absolute atomic E-state index is 0.104. The van der Waals surface area contributed by atoms with Gasteiger partial charge in [-0.05, 0) is 13.8 Å². The fraction of sp³-hybridized carbons (Fsp3) is 0.875. The normalized spacial score (nSPS) is 22.6. The van der Waals surface area contributed by atoms with Gasteiger partial charge < -0.3 is 15.2 Å². The molecule has 1 saturated heterocycles. The molecule has 1 heterocycles. The first-order valence-electron chi connectivity index (χ1n) is 4.38. The minimum Gasteiger partial charge on any atom is -0.498 e.